The minimum atomic E-state index is -3.48. The summed E-state index contributed by atoms with van der Waals surface area (Å²) in [6, 6.07) is 16.6. The van der Waals surface area contributed by atoms with Crippen molar-refractivity contribution in [3.05, 3.63) is 66.4 Å². The van der Waals surface area contributed by atoms with Gasteiger partial charge in [-0.2, -0.15) is 4.31 Å². The number of carbonyl (C=O) groups excluding carboxylic acids is 1. The first kappa shape index (κ1) is 21.6. The van der Waals surface area contributed by atoms with Gasteiger partial charge in [0.2, 0.25) is 15.9 Å². The van der Waals surface area contributed by atoms with Crippen molar-refractivity contribution < 1.29 is 13.2 Å². The molecule has 1 saturated heterocycles. The lowest BCUT2D eigenvalue weighted by Crippen LogP contribution is -2.35. The number of piperidine rings is 1. The largest absolute Gasteiger partial charge is 0.350 e. The molecular formula is C24H29N3O3S. The number of nitrogens with zero attached hydrogens (tertiary/aromatic N) is 2. The molecule has 31 heavy (non-hydrogen) atoms. The quantitative estimate of drug-likeness (QED) is 0.603. The Kier molecular flexibility index (Phi) is 6.43. The van der Waals surface area contributed by atoms with Crippen molar-refractivity contribution >= 4 is 26.8 Å². The Bertz CT molecular complexity index is 1150. The highest BCUT2D eigenvalue weighted by Crippen LogP contribution is 2.27. The zero-order valence-electron chi connectivity index (χ0n) is 17.8. The van der Waals surface area contributed by atoms with Crippen molar-refractivity contribution in [2.24, 2.45) is 0 Å². The first-order valence-corrected chi connectivity index (χ1v) is 12.4. The number of hydrogen-bond donors (Lipinski definition) is 1. The maximum Gasteiger partial charge on any atom is 0.243 e. The lowest BCUT2D eigenvalue weighted by atomic mass is 10.1. The van der Waals surface area contributed by atoms with E-state index in [2.05, 4.69) is 5.32 Å². The predicted molar refractivity (Wildman–Crippen MR) is 122 cm³/mol. The van der Waals surface area contributed by atoms with Gasteiger partial charge in [0.15, 0.2) is 0 Å². The summed E-state index contributed by atoms with van der Waals surface area (Å²) in [5, 5.41) is 3.85. The van der Waals surface area contributed by atoms with Gasteiger partial charge in [0.25, 0.3) is 0 Å². The maximum absolute atomic E-state index is 13.0. The van der Waals surface area contributed by atoms with Crippen LogP contribution in [0.3, 0.4) is 0 Å². The first-order valence-electron chi connectivity index (χ1n) is 10.9. The van der Waals surface area contributed by atoms with Gasteiger partial charge in [-0.1, -0.05) is 43.7 Å². The molecule has 0 unspecified atom stereocenters. The average molecular weight is 440 g/mol. The minimum absolute atomic E-state index is 0.0473. The van der Waals surface area contributed by atoms with E-state index in [1.54, 1.807) is 16.4 Å². The van der Waals surface area contributed by atoms with E-state index in [1.165, 1.54) is 0 Å². The van der Waals surface area contributed by atoms with Crippen LogP contribution in [0.5, 0.6) is 0 Å². The van der Waals surface area contributed by atoms with Crippen LogP contribution in [0.4, 0.5) is 0 Å². The third kappa shape index (κ3) is 4.52. The van der Waals surface area contributed by atoms with Crippen LogP contribution in [0.1, 0.15) is 44.2 Å². The van der Waals surface area contributed by atoms with Crippen molar-refractivity contribution in [2.45, 2.75) is 50.1 Å². The summed E-state index contributed by atoms with van der Waals surface area (Å²) in [6.45, 7) is 3.63. The van der Waals surface area contributed by atoms with Gasteiger partial charge in [0.05, 0.1) is 4.90 Å². The molecule has 0 saturated carbocycles. The molecular weight excluding hydrogens is 410 g/mol. The van der Waals surface area contributed by atoms with Crippen molar-refractivity contribution in [3.63, 3.8) is 0 Å². The van der Waals surface area contributed by atoms with Gasteiger partial charge in [0.1, 0.15) is 6.04 Å². The fourth-order valence-electron chi connectivity index (χ4n) is 4.24. The van der Waals surface area contributed by atoms with Gasteiger partial charge >= 0.3 is 0 Å². The number of sulfonamides is 1. The van der Waals surface area contributed by atoms with Crippen LogP contribution in [0.2, 0.25) is 0 Å². The summed E-state index contributed by atoms with van der Waals surface area (Å²) < 4.78 is 29.5. The lowest BCUT2D eigenvalue weighted by molar-refractivity contribution is -0.124. The monoisotopic (exact) mass is 439 g/mol. The van der Waals surface area contributed by atoms with E-state index in [0.29, 0.717) is 31.0 Å². The smallest absolute Gasteiger partial charge is 0.243 e. The fraction of sp³-hybridized carbons (Fsp3) is 0.375. The minimum Gasteiger partial charge on any atom is -0.350 e. The van der Waals surface area contributed by atoms with Crippen LogP contribution >= 0.6 is 0 Å². The molecule has 2 aromatic carbocycles. The van der Waals surface area contributed by atoms with Crippen LogP contribution in [-0.4, -0.2) is 36.3 Å². The Labute approximate surface area is 183 Å². The molecule has 4 rings (SSSR count). The normalized spacial score (nSPS) is 16.3. The van der Waals surface area contributed by atoms with Crippen molar-refractivity contribution in [2.75, 3.05) is 13.1 Å². The van der Waals surface area contributed by atoms with E-state index >= 15 is 0 Å². The molecule has 3 aromatic rings. The highest BCUT2D eigenvalue weighted by Gasteiger charge is 2.27. The molecule has 1 atom stereocenters. The van der Waals surface area contributed by atoms with Gasteiger partial charge < -0.3 is 9.88 Å². The average Bonchev–Trinajstić information content (AvgIpc) is 3.22. The summed E-state index contributed by atoms with van der Waals surface area (Å²) in [5.74, 6) is -0.0473. The predicted octanol–water partition coefficient (Wildman–Crippen LogP) is 4.08. The number of hydrogen-bond acceptors (Lipinski definition) is 3. The Hall–Kier alpha value is -2.64. The van der Waals surface area contributed by atoms with Crippen molar-refractivity contribution in [1.82, 2.24) is 14.2 Å². The Morgan fingerprint density at radius 1 is 1.03 bits per heavy atom. The third-order valence-electron chi connectivity index (χ3n) is 5.98. The molecule has 7 heteroatoms. The van der Waals surface area contributed by atoms with Crippen molar-refractivity contribution in [3.8, 4) is 0 Å². The van der Waals surface area contributed by atoms with Crippen LogP contribution in [0.15, 0.2) is 65.7 Å². The highest BCUT2D eigenvalue weighted by molar-refractivity contribution is 7.89. The third-order valence-corrected chi connectivity index (χ3v) is 7.87. The zero-order chi connectivity index (χ0) is 21.8. The van der Waals surface area contributed by atoms with Crippen LogP contribution in [0.25, 0.3) is 10.9 Å². The van der Waals surface area contributed by atoms with Crippen molar-refractivity contribution in [1.29, 1.82) is 0 Å². The maximum atomic E-state index is 13.0. The number of benzene rings is 2. The van der Waals surface area contributed by atoms with E-state index in [9.17, 15) is 13.2 Å². The summed E-state index contributed by atoms with van der Waals surface area (Å²) in [6.07, 6.45) is 5.41. The topological polar surface area (TPSA) is 71.4 Å². The number of rotatable bonds is 7. The summed E-state index contributed by atoms with van der Waals surface area (Å²) >= 11 is 0. The molecule has 1 aliphatic rings. The molecule has 0 bridgehead atoms. The molecule has 0 spiro atoms. The highest BCUT2D eigenvalue weighted by atomic mass is 32.2. The number of carbonyl (C=O) groups is 1. The second kappa shape index (κ2) is 9.24. The Balaban J connectivity index is 1.55. The molecule has 1 fully saturated rings. The van der Waals surface area contributed by atoms with Crippen LogP contribution in [-0.2, 0) is 21.4 Å². The number of nitrogens with one attached hydrogen (secondary N) is 1. The second-order valence-electron chi connectivity index (χ2n) is 8.04. The molecule has 1 aliphatic heterocycles. The number of aromatic nitrogens is 1. The summed E-state index contributed by atoms with van der Waals surface area (Å²) in [4.78, 5) is 13.2. The Morgan fingerprint density at radius 3 is 2.48 bits per heavy atom. The standard InChI is InChI=1S/C24H29N3O3S/c1-2-22(24(28)25-18-19-9-5-3-6-10-19)27-16-13-20-17-21(11-12-23(20)27)31(29,30)26-14-7-4-8-15-26/h3,5-6,9-13,16-17,22H,2,4,7-8,14-15,18H2,1H3,(H,25,28)/t22-/m1/s1. The van der Waals surface area contributed by atoms with Gasteiger partial charge in [-0.3, -0.25) is 4.79 Å². The molecule has 1 N–H and O–H groups in total. The molecule has 164 valence electrons. The number of amides is 1. The van der Waals surface area contributed by atoms with Gasteiger partial charge in [0, 0.05) is 36.7 Å². The van der Waals surface area contributed by atoms with Gasteiger partial charge in [-0.25, -0.2) is 8.42 Å². The van der Waals surface area contributed by atoms with E-state index < -0.39 is 10.0 Å². The van der Waals surface area contributed by atoms with E-state index in [-0.39, 0.29) is 11.9 Å². The lowest BCUT2D eigenvalue weighted by Gasteiger charge is -2.26. The summed E-state index contributed by atoms with van der Waals surface area (Å²) in [7, 11) is -3.48. The van der Waals surface area contributed by atoms with Crippen LogP contribution in [0, 0.1) is 0 Å². The van der Waals surface area contributed by atoms with Gasteiger partial charge in [-0.05, 0) is 49.1 Å². The molecule has 6 nitrogen and oxygen atoms in total. The molecule has 0 aliphatic carbocycles. The zero-order valence-corrected chi connectivity index (χ0v) is 18.6. The van der Waals surface area contributed by atoms with E-state index in [1.807, 2.05) is 60.2 Å². The first-order chi connectivity index (χ1) is 15.0. The SMILES string of the molecule is CC[C@H](C(=O)NCc1ccccc1)n1ccc2cc(S(=O)(=O)N3CCCCC3)ccc21. The Morgan fingerprint density at radius 2 is 1.77 bits per heavy atom. The molecule has 1 aromatic heterocycles. The summed E-state index contributed by atoms with van der Waals surface area (Å²) in [5.41, 5.74) is 1.91. The molecule has 2 heterocycles. The molecule has 0 radical (unpaired) electrons. The fourth-order valence-corrected chi connectivity index (χ4v) is 5.79. The van der Waals surface area contributed by atoms with Crippen LogP contribution < -0.4 is 5.32 Å². The second-order valence-corrected chi connectivity index (χ2v) is 9.97. The molecule has 1 amide bonds. The van der Waals surface area contributed by atoms with Gasteiger partial charge in [-0.15, -0.1) is 0 Å². The van der Waals surface area contributed by atoms with E-state index in [0.717, 1.165) is 35.7 Å². The number of fused-ring (bicyclic) bond motifs is 1. The van der Waals surface area contributed by atoms with E-state index in [4.69, 9.17) is 0 Å².